The van der Waals surface area contributed by atoms with Crippen molar-refractivity contribution in [3.63, 3.8) is 0 Å². The van der Waals surface area contributed by atoms with Gasteiger partial charge in [-0.05, 0) is 56.3 Å². The Morgan fingerprint density at radius 2 is 2.30 bits per heavy atom. The van der Waals surface area contributed by atoms with Crippen LogP contribution in [0.25, 0.3) is 0 Å². The third kappa shape index (κ3) is 1.78. The Labute approximate surface area is 121 Å². The number of fused-ring (bicyclic) bond motifs is 5. The van der Waals surface area contributed by atoms with E-state index in [2.05, 4.69) is 6.58 Å². The molecule has 0 spiro atoms. The minimum absolute atomic E-state index is 0.00493. The topological polar surface area (TPSA) is 46.5 Å². The van der Waals surface area contributed by atoms with Crippen LogP contribution >= 0.6 is 0 Å². The summed E-state index contributed by atoms with van der Waals surface area (Å²) in [6, 6.07) is 0. The van der Waals surface area contributed by atoms with Crippen molar-refractivity contribution in [3.05, 3.63) is 12.7 Å². The van der Waals surface area contributed by atoms with E-state index < -0.39 is 11.6 Å². The van der Waals surface area contributed by atoms with Crippen molar-refractivity contribution in [3.8, 4) is 0 Å². The Bertz CT molecular complexity index is 418. The van der Waals surface area contributed by atoms with E-state index >= 15 is 0 Å². The van der Waals surface area contributed by atoms with Crippen LogP contribution in [-0.4, -0.2) is 23.3 Å². The molecule has 3 aliphatic rings. The van der Waals surface area contributed by atoms with E-state index in [0.29, 0.717) is 12.3 Å². The highest BCUT2D eigenvalue weighted by Gasteiger charge is 2.66. The van der Waals surface area contributed by atoms with Crippen LogP contribution in [0, 0.1) is 23.2 Å². The van der Waals surface area contributed by atoms with Gasteiger partial charge in [-0.25, -0.2) is 4.79 Å². The predicted octanol–water partition coefficient (Wildman–Crippen LogP) is 3.07. The Balaban J connectivity index is 1.84. The Morgan fingerprint density at radius 1 is 1.50 bits per heavy atom. The lowest BCUT2D eigenvalue weighted by Crippen LogP contribution is -2.53. The van der Waals surface area contributed by atoms with Crippen LogP contribution in [0.3, 0.4) is 0 Å². The van der Waals surface area contributed by atoms with Gasteiger partial charge in [-0.3, -0.25) is 0 Å². The van der Waals surface area contributed by atoms with E-state index in [4.69, 9.17) is 4.74 Å². The van der Waals surface area contributed by atoms with E-state index in [9.17, 15) is 9.90 Å². The largest absolute Gasteiger partial charge is 0.459 e. The minimum Gasteiger partial charge on any atom is -0.459 e. The van der Waals surface area contributed by atoms with Gasteiger partial charge in [-0.2, -0.15) is 0 Å². The van der Waals surface area contributed by atoms with E-state index in [1.165, 1.54) is 31.8 Å². The monoisotopic (exact) mass is 278 g/mol. The molecule has 0 aromatic rings. The second-order valence-electron chi connectivity index (χ2n) is 7.06. The molecular weight excluding hydrogens is 252 g/mol. The summed E-state index contributed by atoms with van der Waals surface area (Å²) in [6.07, 6.45) is 9.22. The number of carbonyl (C=O) groups excluding carboxylic acids is 1. The number of hydrogen-bond donors (Lipinski definition) is 1. The molecule has 3 heteroatoms. The van der Waals surface area contributed by atoms with Crippen molar-refractivity contribution in [1.82, 2.24) is 0 Å². The molecule has 0 saturated heterocycles. The molecule has 5 atom stereocenters. The maximum Gasteiger partial charge on any atom is 0.330 e. The van der Waals surface area contributed by atoms with Gasteiger partial charge in [0.25, 0.3) is 0 Å². The number of hydrogen-bond acceptors (Lipinski definition) is 3. The first-order chi connectivity index (χ1) is 9.56. The lowest BCUT2D eigenvalue weighted by Gasteiger charge is -2.48. The van der Waals surface area contributed by atoms with Crippen LogP contribution < -0.4 is 0 Å². The quantitative estimate of drug-likeness (QED) is 0.621. The molecule has 0 radical (unpaired) electrons. The number of ether oxygens (including phenoxy) is 1. The van der Waals surface area contributed by atoms with Crippen molar-refractivity contribution in [2.45, 2.75) is 57.5 Å². The molecule has 0 aromatic heterocycles. The van der Waals surface area contributed by atoms with Crippen molar-refractivity contribution >= 4 is 5.97 Å². The Hall–Kier alpha value is -0.830. The Kier molecular flexibility index (Phi) is 3.44. The van der Waals surface area contributed by atoms with Crippen LogP contribution in [0.2, 0.25) is 0 Å². The van der Waals surface area contributed by atoms with Crippen LogP contribution in [0.4, 0.5) is 0 Å². The molecule has 3 aliphatic carbocycles. The fraction of sp³-hybridized carbons (Fsp3) is 0.824. The molecule has 20 heavy (non-hydrogen) atoms. The summed E-state index contributed by atoms with van der Waals surface area (Å²) in [7, 11) is 0. The SMILES string of the molecule is C=CC(=O)OCC(O)(CC)C12CCC(C1)C1CCCC12. The normalized spacial score (nSPS) is 41.2. The summed E-state index contributed by atoms with van der Waals surface area (Å²) in [5.41, 5.74) is -0.862. The van der Waals surface area contributed by atoms with E-state index in [-0.39, 0.29) is 12.0 Å². The van der Waals surface area contributed by atoms with Crippen LogP contribution in [-0.2, 0) is 9.53 Å². The van der Waals surface area contributed by atoms with E-state index in [1.807, 2.05) is 6.92 Å². The maximum atomic E-state index is 11.4. The highest BCUT2D eigenvalue weighted by molar-refractivity contribution is 5.81. The van der Waals surface area contributed by atoms with Gasteiger partial charge >= 0.3 is 5.97 Å². The molecular formula is C17H26O3. The van der Waals surface area contributed by atoms with Gasteiger partial charge in [0.1, 0.15) is 12.2 Å². The molecule has 0 aliphatic heterocycles. The molecule has 1 N–H and O–H groups in total. The molecule has 0 heterocycles. The highest BCUT2D eigenvalue weighted by atomic mass is 16.5. The number of carbonyl (C=O) groups is 1. The summed E-state index contributed by atoms with van der Waals surface area (Å²) < 4.78 is 5.25. The smallest absolute Gasteiger partial charge is 0.330 e. The van der Waals surface area contributed by atoms with Gasteiger partial charge in [0.2, 0.25) is 0 Å². The van der Waals surface area contributed by atoms with Gasteiger partial charge in [0.05, 0.1) is 0 Å². The summed E-state index contributed by atoms with van der Waals surface area (Å²) in [5, 5.41) is 11.3. The molecule has 0 amide bonds. The maximum absolute atomic E-state index is 11.4. The van der Waals surface area contributed by atoms with Crippen molar-refractivity contribution in [2.24, 2.45) is 23.2 Å². The second-order valence-corrected chi connectivity index (χ2v) is 7.06. The molecule has 3 rings (SSSR count). The zero-order valence-electron chi connectivity index (χ0n) is 12.4. The van der Waals surface area contributed by atoms with Gasteiger partial charge in [0, 0.05) is 11.5 Å². The molecule has 3 nitrogen and oxygen atoms in total. The van der Waals surface area contributed by atoms with Gasteiger partial charge in [0.15, 0.2) is 0 Å². The summed E-state index contributed by atoms with van der Waals surface area (Å²) >= 11 is 0. The summed E-state index contributed by atoms with van der Waals surface area (Å²) in [6.45, 7) is 5.58. The number of esters is 1. The fourth-order valence-electron chi connectivity index (χ4n) is 5.67. The first kappa shape index (κ1) is 14.1. The van der Waals surface area contributed by atoms with E-state index in [0.717, 1.165) is 24.7 Å². The molecule has 3 fully saturated rings. The first-order valence-electron chi connectivity index (χ1n) is 8.08. The molecule has 112 valence electrons. The van der Waals surface area contributed by atoms with Crippen LogP contribution in [0.15, 0.2) is 12.7 Å². The van der Waals surface area contributed by atoms with Crippen LogP contribution in [0.5, 0.6) is 0 Å². The third-order valence-corrected chi connectivity index (χ3v) is 6.60. The fourth-order valence-corrected chi connectivity index (χ4v) is 5.67. The molecule has 2 bridgehead atoms. The molecule has 0 aromatic carbocycles. The zero-order valence-corrected chi connectivity index (χ0v) is 12.4. The lowest BCUT2D eigenvalue weighted by molar-refractivity contribution is -0.168. The van der Waals surface area contributed by atoms with Crippen molar-refractivity contribution < 1.29 is 14.6 Å². The third-order valence-electron chi connectivity index (χ3n) is 6.60. The first-order valence-corrected chi connectivity index (χ1v) is 8.08. The standard InChI is InChI=1S/C17H26O3/c1-3-15(18)20-11-17(19,4-2)16-9-8-12(10-16)13-6-5-7-14(13)16/h3,12-14,19H,1,4-11H2,2H3. The molecule has 3 saturated carbocycles. The summed E-state index contributed by atoms with van der Waals surface area (Å²) in [4.78, 5) is 11.4. The molecule has 5 unspecified atom stereocenters. The number of aliphatic hydroxyl groups is 1. The Morgan fingerprint density at radius 3 is 3.00 bits per heavy atom. The van der Waals surface area contributed by atoms with Crippen molar-refractivity contribution in [2.75, 3.05) is 6.61 Å². The predicted molar refractivity (Wildman–Crippen MR) is 77.0 cm³/mol. The van der Waals surface area contributed by atoms with Gasteiger partial charge < -0.3 is 9.84 Å². The summed E-state index contributed by atoms with van der Waals surface area (Å²) in [5.74, 6) is 1.84. The van der Waals surface area contributed by atoms with E-state index in [1.54, 1.807) is 0 Å². The average molecular weight is 278 g/mol. The second kappa shape index (κ2) is 4.87. The highest BCUT2D eigenvalue weighted by Crippen LogP contribution is 2.69. The number of rotatable bonds is 5. The lowest BCUT2D eigenvalue weighted by atomic mass is 9.61. The van der Waals surface area contributed by atoms with Crippen LogP contribution in [0.1, 0.15) is 51.9 Å². The van der Waals surface area contributed by atoms with Gasteiger partial charge in [-0.1, -0.05) is 19.9 Å². The minimum atomic E-state index is -0.857. The zero-order chi connectivity index (χ0) is 14.4. The van der Waals surface area contributed by atoms with Crippen molar-refractivity contribution in [1.29, 1.82) is 0 Å². The van der Waals surface area contributed by atoms with Gasteiger partial charge in [-0.15, -0.1) is 0 Å². The average Bonchev–Trinajstić information content (AvgIpc) is 3.15.